The number of sulfonamides is 1. The summed E-state index contributed by atoms with van der Waals surface area (Å²) in [6, 6.07) is 25.6. The molecule has 4 aromatic carbocycles. The standard InChI is InChI=1S/C25H18Cl2N2O4S/c26-20-13-5-4-11-19(20)25(28-34(32,33)23-16-7-6-15-22(23)29(30)31)24-18(12-8-14-21(24)27)17-9-2-1-3-10-17/h1-16,25,28H. The Bertz CT molecular complexity index is 1460. The maximum Gasteiger partial charge on any atom is 0.289 e. The smallest absolute Gasteiger partial charge is 0.258 e. The lowest BCUT2D eigenvalue weighted by atomic mass is 9.91. The van der Waals surface area contributed by atoms with Gasteiger partial charge in [0.1, 0.15) is 0 Å². The largest absolute Gasteiger partial charge is 0.289 e. The fourth-order valence-electron chi connectivity index (χ4n) is 3.74. The van der Waals surface area contributed by atoms with Gasteiger partial charge < -0.3 is 0 Å². The lowest BCUT2D eigenvalue weighted by molar-refractivity contribution is -0.387. The molecule has 1 unspecified atom stereocenters. The summed E-state index contributed by atoms with van der Waals surface area (Å²) in [7, 11) is -4.37. The molecule has 0 bridgehead atoms. The minimum Gasteiger partial charge on any atom is -0.258 e. The van der Waals surface area contributed by atoms with Gasteiger partial charge in [-0.2, -0.15) is 4.72 Å². The molecule has 0 aromatic heterocycles. The van der Waals surface area contributed by atoms with Crippen molar-refractivity contribution in [3.63, 3.8) is 0 Å². The zero-order valence-corrected chi connectivity index (χ0v) is 19.9. The third-order valence-electron chi connectivity index (χ3n) is 5.27. The summed E-state index contributed by atoms with van der Waals surface area (Å²) >= 11 is 13.1. The summed E-state index contributed by atoms with van der Waals surface area (Å²) in [4.78, 5) is 10.3. The lowest BCUT2D eigenvalue weighted by Crippen LogP contribution is -2.30. The van der Waals surface area contributed by atoms with Crippen molar-refractivity contribution in [1.29, 1.82) is 0 Å². The molecular weight excluding hydrogens is 495 g/mol. The van der Waals surface area contributed by atoms with Crippen LogP contribution in [0.25, 0.3) is 11.1 Å². The summed E-state index contributed by atoms with van der Waals surface area (Å²) in [5, 5.41) is 12.1. The van der Waals surface area contributed by atoms with Crippen LogP contribution in [0.4, 0.5) is 5.69 Å². The SMILES string of the molecule is O=[N+]([O-])c1ccccc1S(=O)(=O)NC(c1ccccc1Cl)c1c(Cl)cccc1-c1ccccc1. The zero-order valence-electron chi connectivity index (χ0n) is 17.6. The van der Waals surface area contributed by atoms with Gasteiger partial charge in [0, 0.05) is 21.7 Å². The van der Waals surface area contributed by atoms with Gasteiger partial charge in [-0.15, -0.1) is 0 Å². The molecular formula is C25H18Cl2N2O4S. The van der Waals surface area contributed by atoms with Crippen molar-refractivity contribution in [2.45, 2.75) is 10.9 Å². The van der Waals surface area contributed by atoms with Gasteiger partial charge in [0.15, 0.2) is 4.90 Å². The van der Waals surface area contributed by atoms with Crippen LogP contribution in [-0.2, 0) is 10.0 Å². The number of nitrogens with one attached hydrogen (secondary N) is 1. The number of hydrogen-bond acceptors (Lipinski definition) is 4. The Morgan fingerprint density at radius 2 is 1.38 bits per heavy atom. The normalized spacial score (nSPS) is 12.3. The highest BCUT2D eigenvalue weighted by Crippen LogP contribution is 2.40. The maximum absolute atomic E-state index is 13.5. The van der Waals surface area contributed by atoms with Crippen LogP contribution < -0.4 is 4.72 Å². The number of benzene rings is 4. The quantitative estimate of drug-likeness (QED) is 0.222. The minimum absolute atomic E-state index is 0.316. The van der Waals surface area contributed by atoms with Gasteiger partial charge >= 0.3 is 0 Å². The number of halogens is 2. The fraction of sp³-hybridized carbons (Fsp3) is 0.0400. The van der Waals surface area contributed by atoms with Crippen LogP contribution in [0.5, 0.6) is 0 Å². The number of para-hydroxylation sites is 1. The fourth-order valence-corrected chi connectivity index (χ4v) is 5.63. The molecule has 0 aliphatic rings. The van der Waals surface area contributed by atoms with Gasteiger partial charge in [-0.1, -0.05) is 96.0 Å². The second kappa shape index (κ2) is 9.95. The van der Waals surface area contributed by atoms with Crippen molar-refractivity contribution in [3.05, 3.63) is 128 Å². The van der Waals surface area contributed by atoms with E-state index in [1.807, 2.05) is 36.4 Å². The molecule has 0 aliphatic heterocycles. The predicted molar refractivity (Wildman–Crippen MR) is 134 cm³/mol. The lowest BCUT2D eigenvalue weighted by Gasteiger charge is -2.24. The molecule has 0 aliphatic carbocycles. The summed E-state index contributed by atoms with van der Waals surface area (Å²) in [5.74, 6) is 0. The molecule has 0 spiro atoms. The molecule has 172 valence electrons. The van der Waals surface area contributed by atoms with Gasteiger partial charge in [-0.25, -0.2) is 8.42 Å². The van der Waals surface area contributed by atoms with Gasteiger partial charge in [0.05, 0.1) is 11.0 Å². The first-order valence-corrected chi connectivity index (χ1v) is 12.4. The Hall–Kier alpha value is -3.23. The third-order valence-corrected chi connectivity index (χ3v) is 7.41. The van der Waals surface area contributed by atoms with Gasteiger partial charge in [-0.05, 0) is 34.9 Å². The van der Waals surface area contributed by atoms with Crippen LogP contribution in [0, 0.1) is 10.1 Å². The van der Waals surface area contributed by atoms with E-state index in [2.05, 4.69) is 4.72 Å². The van der Waals surface area contributed by atoms with Crippen LogP contribution >= 0.6 is 23.2 Å². The van der Waals surface area contributed by atoms with E-state index in [0.717, 1.165) is 11.6 Å². The van der Waals surface area contributed by atoms with Crippen molar-refractivity contribution in [2.24, 2.45) is 0 Å². The molecule has 0 saturated heterocycles. The van der Waals surface area contributed by atoms with Crippen molar-refractivity contribution in [1.82, 2.24) is 4.72 Å². The summed E-state index contributed by atoms with van der Waals surface area (Å²) in [6.07, 6.45) is 0. The second-order valence-corrected chi connectivity index (χ2v) is 9.86. The minimum atomic E-state index is -4.37. The van der Waals surface area contributed by atoms with Crippen molar-refractivity contribution in [2.75, 3.05) is 0 Å². The zero-order chi connectivity index (χ0) is 24.3. The molecule has 0 radical (unpaired) electrons. The van der Waals surface area contributed by atoms with Crippen LogP contribution in [0.15, 0.2) is 102 Å². The van der Waals surface area contributed by atoms with Crippen LogP contribution in [0.3, 0.4) is 0 Å². The highest BCUT2D eigenvalue weighted by molar-refractivity contribution is 7.89. The number of hydrogen-bond donors (Lipinski definition) is 1. The topological polar surface area (TPSA) is 89.3 Å². The van der Waals surface area contributed by atoms with Gasteiger partial charge in [0.2, 0.25) is 10.0 Å². The molecule has 6 nitrogen and oxygen atoms in total. The molecule has 1 atom stereocenters. The highest BCUT2D eigenvalue weighted by atomic mass is 35.5. The average molecular weight is 513 g/mol. The van der Waals surface area contributed by atoms with Crippen molar-refractivity contribution in [3.8, 4) is 11.1 Å². The van der Waals surface area contributed by atoms with E-state index >= 15 is 0 Å². The van der Waals surface area contributed by atoms with Gasteiger partial charge in [-0.3, -0.25) is 10.1 Å². The highest BCUT2D eigenvalue weighted by Gasteiger charge is 2.32. The van der Waals surface area contributed by atoms with E-state index in [-0.39, 0.29) is 0 Å². The number of nitrogens with zero attached hydrogens (tertiary/aromatic N) is 1. The van der Waals surface area contributed by atoms with Crippen LogP contribution in [0.1, 0.15) is 17.2 Å². The van der Waals surface area contributed by atoms with E-state index in [4.69, 9.17) is 23.2 Å². The number of nitro groups is 1. The predicted octanol–water partition coefficient (Wildman–Crippen LogP) is 6.64. The molecule has 1 N–H and O–H groups in total. The number of nitro benzene ring substituents is 1. The first kappa shape index (κ1) is 23.9. The first-order valence-electron chi connectivity index (χ1n) is 10.1. The Balaban J connectivity index is 1.94. The second-order valence-electron chi connectivity index (χ2n) is 7.37. The Morgan fingerprint density at radius 3 is 2.09 bits per heavy atom. The monoisotopic (exact) mass is 512 g/mol. The molecule has 0 fully saturated rings. The Morgan fingerprint density at radius 1 is 0.765 bits per heavy atom. The van der Waals surface area contributed by atoms with E-state index in [1.54, 1.807) is 36.4 Å². The van der Waals surface area contributed by atoms with Gasteiger partial charge in [0.25, 0.3) is 5.69 Å². The molecule has 0 saturated carbocycles. The average Bonchev–Trinajstić information content (AvgIpc) is 2.83. The summed E-state index contributed by atoms with van der Waals surface area (Å²) in [5.41, 5.74) is 1.92. The van der Waals surface area contributed by atoms with E-state index in [0.29, 0.717) is 26.7 Å². The Kier molecular flexibility index (Phi) is 7.00. The van der Waals surface area contributed by atoms with Crippen molar-refractivity contribution < 1.29 is 13.3 Å². The first-order chi connectivity index (χ1) is 16.3. The third kappa shape index (κ3) is 4.83. The Labute approximate surface area is 207 Å². The maximum atomic E-state index is 13.5. The summed E-state index contributed by atoms with van der Waals surface area (Å²) < 4.78 is 29.6. The van der Waals surface area contributed by atoms with E-state index < -0.39 is 31.6 Å². The molecule has 4 rings (SSSR count). The van der Waals surface area contributed by atoms with Crippen molar-refractivity contribution >= 4 is 38.9 Å². The van der Waals surface area contributed by atoms with Crippen LogP contribution in [0.2, 0.25) is 10.0 Å². The van der Waals surface area contributed by atoms with Crippen LogP contribution in [-0.4, -0.2) is 13.3 Å². The molecule has 0 heterocycles. The summed E-state index contributed by atoms with van der Waals surface area (Å²) in [6.45, 7) is 0. The molecule has 9 heteroatoms. The molecule has 4 aromatic rings. The van der Waals surface area contributed by atoms with E-state index in [9.17, 15) is 18.5 Å². The molecule has 0 amide bonds. The number of rotatable bonds is 7. The molecule has 34 heavy (non-hydrogen) atoms. The van der Waals surface area contributed by atoms with E-state index in [1.165, 1.54) is 18.2 Å².